The zero-order chi connectivity index (χ0) is 18.0. The van der Waals surface area contributed by atoms with Gasteiger partial charge in [-0.3, -0.25) is 18.7 Å². The monoisotopic (exact) mass is 362 g/mol. The first-order valence-corrected chi connectivity index (χ1v) is 8.71. The summed E-state index contributed by atoms with van der Waals surface area (Å²) in [5.74, 6) is -0.319. The summed E-state index contributed by atoms with van der Waals surface area (Å²) in [5.41, 5.74) is 0.831. The zero-order valence-corrected chi connectivity index (χ0v) is 14.8. The van der Waals surface area contributed by atoms with Crippen LogP contribution in [-0.2, 0) is 36.6 Å². The SMILES string of the molecule is Cn1cnc2c1c(=O)n(CCCOC(=O)Cc1ccsc1)c(=O)n2C. The van der Waals surface area contributed by atoms with Gasteiger partial charge in [0.05, 0.1) is 19.4 Å². The Hall–Kier alpha value is -2.68. The van der Waals surface area contributed by atoms with Crippen molar-refractivity contribution in [1.29, 1.82) is 0 Å². The van der Waals surface area contributed by atoms with E-state index < -0.39 is 5.69 Å². The largest absolute Gasteiger partial charge is 0.465 e. The maximum absolute atomic E-state index is 12.5. The number of carbonyl (C=O) groups excluding carboxylic acids is 1. The predicted octanol–water partition coefficient (Wildman–Crippen LogP) is 0.671. The number of imidazole rings is 1. The molecule has 132 valence electrons. The minimum Gasteiger partial charge on any atom is -0.465 e. The number of aryl methyl sites for hydroxylation is 2. The van der Waals surface area contributed by atoms with Gasteiger partial charge in [-0.25, -0.2) is 9.78 Å². The molecular weight excluding hydrogens is 344 g/mol. The lowest BCUT2D eigenvalue weighted by Gasteiger charge is -2.09. The van der Waals surface area contributed by atoms with Crippen molar-refractivity contribution in [2.24, 2.45) is 14.1 Å². The molecule has 0 radical (unpaired) electrons. The van der Waals surface area contributed by atoms with Crippen LogP contribution < -0.4 is 11.2 Å². The van der Waals surface area contributed by atoms with Gasteiger partial charge in [0.25, 0.3) is 5.56 Å². The molecule has 9 heteroatoms. The van der Waals surface area contributed by atoms with Gasteiger partial charge in [-0.2, -0.15) is 11.3 Å². The molecule has 0 aromatic carbocycles. The maximum Gasteiger partial charge on any atom is 0.332 e. The molecule has 0 atom stereocenters. The van der Waals surface area contributed by atoms with Crippen LogP contribution in [0.5, 0.6) is 0 Å². The van der Waals surface area contributed by atoms with Gasteiger partial charge in [0, 0.05) is 20.6 Å². The maximum atomic E-state index is 12.5. The van der Waals surface area contributed by atoms with Crippen molar-refractivity contribution >= 4 is 28.5 Å². The van der Waals surface area contributed by atoms with E-state index in [0.717, 1.165) is 10.1 Å². The van der Waals surface area contributed by atoms with Gasteiger partial charge >= 0.3 is 11.7 Å². The van der Waals surface area contributed by atoms with Crippen molar-refractivity contribution in [2.45, 2.75) is 19.4 Å². The molecule has 0 aliphatic rings. The fourth-order valence-electron chi connectivity index (χ4n) is 2.61. The van der Waals surface area contributed by atoms with Gasteiger partial charge in [-0.05, 0) is 28.8 Å². The van der Waals surface area contributed by atoms with Crippen LogP contribution in [0.15, 0.2) is 32.7 Å². The Kier molecular flexibility index (Phi) is 4.84. The van der Waals surface area contributed by atoms with E-state index in [1.54, 1.807) is 18.7 Å². The second-order valence-corrected chi connectivity index (χ2v) is 6.49. The van der Waals surface area contributed by atoms with Crippen molar-refractivity contribution in [3.8, 4) is 0 Å². The Balaban J connectivity index is 1.65. The average Bonchev–Trinajstić information content (AvgIpc) is 3.21. The summed E-state index contributed by atoms with van der Waals surface area (Å²) in [4.78, 5) is 40.6. The first-order valence-electron chi connectivity index (χ1n) is 7.76. The Morgan fingerprint density at radius 2 is 2.12 bits per heavy atom. The van der Waals surface area contributed by atoms with E-state index in [4.69, 9.17) is 4.74 Å². The first kappa shape index (κ1) is 17.2. The minimum absolute atomic E-state index is 0.155. The van der Waals surface area contributed by atoms with E-state index in [2.05, 4.69) is 4.98 Å². The summed E-state index contributed by atoms with van der Waals surface area (Å²) in [7, 11) is 3.28. The molecule has 3 aromatic rings. The number of aromatic nitrogens is 4. The normalized spacial score (nSPS) is 11.1. The molecule has 0 saturated carbocycles. The number of thiophene rings is 1. The quantitative estimate of drug-likeness (QED) is 0.475. The molecular formula is C16H18N4O4S. The summed E-state index contributed by atoms with van der Waals surface area (Å²) in [6, 6.07) is 1.87. The molecule has 0 amide bonds. The Morgan fingerprint density at radius 3 is 2.84 bits per heavy atom. The fraction of sp³-hybridized carbons (Fsp3) is 0.375. The van der Waals surface area contributed by atoms with Gasteiger partial charge in [0.15, 0.2) is 11.2 Å². The van der Waals surface area contributed by atoms with Gasteiger partial charge in [-0.1, -0.05) is 0 Å². The van der Waals surface area contributed by atoms with Crippen LogP contribution in [0.4, 0.5) is 0 Å². The molecule has 0 spiro atoms. The zero-order valence-electron chi connectivity index (χ0n) is 14.0. The second kappa shape index (κ2) is 7.06. The highest BCUT2D eigenvalue weighted by molar-refractivity contribution is 7.07. The molecule has 0 aliphatic carbocycles. The van der Waals surface area contributed by atoms with E-state index in [0.29, 0.717) is 17.6 Å². The molecule has 3 aromatic heterocycles. The molecule has 0 unspecified atom stereocenters. The van der Waals surface area contributed by atoms with Gasteiger partial charge in [-0.15, -0.1) is 0 Å². The van der Waals surface area contributed by atoms with Crippen LogP contribution in [0.2, 0.25) is 0 Å². The first-order chi connectivity index (χ1) is 12.0. The third-order valence-electron chi connectivity index (χ3n) is 3.92. The van der Waals surface area contributed by atoms with Crippen LogP contribution in [0.1, 0.15) is 12.0 Å². The topological polar surface area (TPSA) is 88.1 Å². The molecule has 3 rings (SSSR count). The lowest BCUT2D eigenvalue weighted by Crippen LogP contribution is -2.39. The summed E-state index contributed by atoms with van der Waals surface area (Å²) in [6.45, 7) is 0.334. The van der Waals surface area contributed by atoms with Gasteiger partial charge < -0.3 is 9.30 Å². The van der Waals surface area contributed by atoms with Crippen LogP contribution in [0.25, 0.3) is 11.2 Å². The number of carbonyl (C=O) groups is 1. The molecule has 8 nitrogen and oxygen atoms in total. The predicted molar refractivity (Wildman–Crippen MR) is 93.8 cm³/mol. The lowest BCUT2D eigenvalue weighted by atomic mass is 10.2. The Labute approximate surface area is 146 Å². The summed E-state index contributed by atoms with van der Waals surface area (Å²) in [5, 5.41) is 3.80. The fourth-order valence-corrected chi connectivity index (χ4v) is 3.28. The molecule has 3 heterocycles. The number of hydrogen-bond donors (Lipinski definition) is 0. The summed E-state index contributed by atoms with van der Waals surface area (Å²) in [6.07, 6.45) is 2.11. The standard InChI is InChI=1S/C16H18N4O4S/c1-18-10-17-14-13(18)15(22)20(16(23)19(14)2)5-3-6-24-12(21)8-11-4-7-25-9-11/h4,7,9-10H,3,5-6,8H2,1-2H3. The van der Waals surface area contributed by atoms with Crippen LogP contribution in [0, 0.1) is 0 Å². The third kappa shape index (κ3) is 3.41. The van der Waals surface area contributed by atoms with E-state index in [1.807, 2.05) is 16.8 Å². The van der Waals surface area contributed by atoms with Crippen LogP contribution in [0.3, 0.4) is 0 Å². The van der Waals surface area contributed by atoms with Crippen molar-refractivity contribution in [3.05, 3.63) is 49.6 Å². The average molecular weight is 362 g/mol. The van der Waals surface area contributed by atoms with E-state index in [1.165, 1.54) is 22.2 Å². The molecule has 0 aliphatic heterocycles. The molecule has 0 bridgehead atoms. The summed E-state index contributed by atoms with van der Waals surface area (Å²) < 4.78 is 9.26. The number of nitrogens with zero attached hydrogens (tertiary/aromatic N) is 4. The molecule has 0 saturated heterocycles. The van der Waals surface area contributed by atoms with E-state index in [9.17, 15) is 14.4 Å². The van der Waals surface area contributed by atoms with Crippen LogP contribution in [-0.4, -0.2) is 31.3 Å². The molecule has 25 heavy (non-hydrogen) atoms. The van der Waals surface area contributed by atoms with Gasteiger partial charge in [0.1, 0.15) is 0 Å². The second-order valence-electron chi connectivity index (χ2n) is 5.71. The van der Waals surface area contributed by atoms with E-state index in [-0.39, 0.29) is 31.1 Å². The van der Waals surface area contributed by atoms with Crippen LogP contribution >= 0.6 is 11.3 Å². The Bertz CT molecular complexity index is 1010. The van der Waals surface area contributed by atoms with Gasteiger partial charge in [0.2, 0.25) is 0 Å². The smallest absolute Gasteiger partial charge is 0.332 e. The summed E-state index contributed by atoms with van der Waals surface area (Å²) >= 11 is 1.52. The van der Waals surface area contributed by atoms with Crippen molar-refractivity contribution in [3.63, 3.8) is 0 Å². The highest BCUT2D eigenvalue weighted by Gasteiger charge is 2.14. The highest BCUT2D eigenvalue weighted by Crippen LogP contribution is 2.07. The number of rotatable bonds is 6. The number of esters is 1. The molecule has 0 N–H and O–H groups in total. The third-order valence-corrected chi connectivity index (χ3v) is 4.65. The van der Waals surface area contributed by atoms with Crippen molar-refractivity contribution in [2.75, 3.05) is 6.61 Å². The Morgan fingerprint density at radius 1 is 1.32 bits per heavy atom. The number of fused-ring (bicyclic) bond motifs is 1. The highest BCUT2D eigenvalue weighted by atomic mass is 32.1. The number of hydrogen-bond acceptors (Lipinski definition) is 6. The number of ether oxygens (including phenoxy) is 1. The molecule has 0 fully saturated rings. The van der Waals surface area contributed by atoms with E-state index >= 15 is 0 Å². The minimum atomic E-state index is -0.430. The lowest BCUT2D eigenvalue weighted by molar-refractivity contribution is -0.143. The van der Waals surface area contributed by atoms with Crippen molar-refractivity contribution < 1.29 is 9.53 Å². The van der Waals surface area contributed by atoms with Crippen molar-refractivity contribution in [1.82, 2.24) is 18.7 Å².